The number of anilines is 6. The first-order chi connectivity index (χ1) is 26.6. The van der Waals surface area contributed by atoms with Gasteiger partial charge in [-0.05, 0) is 89.8 Å². The fourth-order valence-corrected chi connectivity index (χ4v) is 7.21. The Morgan fingerprint density at radius 1 is 0.463 bits per heavy atom. The Bertz CT molecular complexity index is 2380. The SMILES string of the molecule is CC(C)Cn1nc2c(-c3ccc(N(c4ccccc4)c4ccccc4)cc3)c3nn[nH]c3c(-c3ccc(N(c4ccccc4)c4ccccc4)cc3)c2n1. The van der Waals surface area contributed by atoms with E-state index in [2.05, 4.69) is 185 Å². The molecule has 0 radical (unpaired) electrons. The molecule has 0 atom stereocenters. The van der Waals surface area contributed by atoms with Crippen LogP contribution < -0.4 is 9.80 Å². The fourth-order valence-electron chi connectivity index (χ4n) is 7.21. The minimum Gasteiger partial charge on any atom is -0.311 e. The number of benzene rings is 7. The molecule has 9 rings (SSSR count). The number of aromatic nitrogens is 6. The number of nitrogens with one attached hydrogen (secondary N) is 1. The molecule has 0 saturated heterocycles. The maximum atomic E-state index is 5.13. The van der Waals surface area contributed by atoms with Crippen LogP contribution in [0, 0.1) is 5.92 Å². The zero-order chi connectivity index (χ0) is 36.4. The van der Waals surface area contributed by atoms with Crippen LogP contribution in [0.5, 0.6) is 0 Å². The minimum absolute atomic E-state index is 0.367. The number of hydrogen-bond acceptors (Lipinski definition) is 6. The van der Waals surface area contributed by atoms with Gasteiger partial charge in [-0.1, -0.05) is 116 Å². The molecule has 0 amide bonds. The monoisotopic (exact) mass is 702 g/mol. The van der Waals surface area contributed by atoms with Crippen LogP contribution in [0.3, 0.4) is 0 Å². The molecule has 262 valence electrons. The summed E-state index contributed by atoms with van der Waals surface area (Å²) in [6, 6.07) is 58.9. The van der Waals surface area contributed by atoms with E-state index >= 15 is 0 Å². The van der Waals surface area contributed by atoms with Gasteiger partial charge in [0.05, 0.1) is 12.1 Å². The van der Waals surface area contributed by atoms with Crippen LogP contribution >= 0.6 is 0 Å². The largest absolute Gasteiger partial charge is 0.311 e. The van der Waals surface area contributed by atoms with E-state index in [0.29, 0.717) is 12.5 Å². The quantitative estimate of drug-likeness (QED) is 0.153. The van der Waals surface area contributed by atoms with Crippen molar-refractivity contribution in [3.63, 3.8) is 0 Å². The van der Waals surface area contributed by atoms with Crippen molar-refractivity contribution in [1.82, 2.24) is 30.4 Å². The first-order valence-corrected chi connectivity index (χ1v) is 18.3. The van der Waals surface area contributed by atoms with E-state index in [9.17, 15) is 0 Å². The van der Waals surface area contributed by atoms with Crippen molar-refractivity contribution >= 4 is 56.2 Å². The van der Waals surface area contributed by atoms with E-state index in [0.717, 1.165) is 78.4 Å². The number of hydrogen-bond donors (Lipinski definition) is 1. The molecule has 0 fully saturated rings. The first-order valence-electron chi connectivity index (χ1n) is 18.3. The maximum Gasteiger partial charge on any atom is 0.124 e. The zero-order valence-corrected chi connectivity index (χ0v) is 30.1. The summed E-state index contributed by atoms with van der Waals surface area (Å²) in [5.74, 6) is 0.367. The summed E-state index contributed by atoms with van der Waals surface area (Å²) in [5.41, 5.74) is 13.4. The fraction of sp³-hybridized carbons (Fsp3) is 0.0870. The standard InChI is InChI=1S/C46H38N8/c1-32(2)31-52-49-45-41(33-23-27-39(28-24-33)53(35-15-7-3-8-16-35)36-17-9-4-10-18-36)43-44(48-51-47-43)42(46(45)50-52)34-25-29-40(30-26-34)54(37-19-11-5-12-20-37)38-21-13-6-14-22-38/h3-30,32H,31H2,1-2H3,(H,47,48). The molecule has 9 aromatic rings. The maximum absolute atomic E-state index is 5.13. The molecule has 2 heterocycles. The predicted molar refractivity (Wildman–Crippen MR) is 220 cm³/mol. The molecular weight excluding hydrogens is 665 g/mol. The highest BCUT2D eigenvalue weighted by molar-refractivity contribution is 6.16. The average molecular weight is 703 g/mol. The molecule has 8 nitrogen and oxygen atoms in total. The Hall–Kier alpha value is -7.06. The van der Waals surface area contributed by atoms with Crippen molar-refractivity contribution in [3.8, 4) is 22.3 Å². The Balaban J connectivity index is 1.17. The van der Waals surface area contributed by atoms with Crippen LogP contribution in [0.2, 0.25) is 0 Å². The lowest BCUT2D eigenvalue weighted by Gasteiger charge is -2.25. The van der Waals surface area contributed by atoms with Gasteiger partial charge in [-0.3, -0.25) is 5.10 Å². The van der Waals surface area contributed by atoms with E-state index < -0.39 is 0 Å². The van der Waals surface area contributed by atoms with Crippen molar-refractivity contribution in [1.29, 1.82) is 0 Å². The van der Waals surface area contributed by atoms with Gasteiger partial charge in [0.15, 0.2) is 0 Å². The molecule has 0 aliphatic carbocycles. The normalized spacial score (nSPS) is 11.4. The molecule has 0 aliphatic rings. The van der Waals surface area contributed by atoms with Gasteiger partial charge in [0.25, 0.3) is 0 Å². The highest BCUT2D eigenvalue weighted by atomic mass is 15.5. The topological polar surface area (TPSA) is 78.8 Å². The van der Waals surface area contributed by atoms with Crippen LogP contribution in [0.15, 0.2) is 170 Å². The second kappa shape index (κ2) is 14.2. The predicted octanol–water partition coefficient (Wildman–Crippen LogP) is 11.6. The number of rotatable bonds is 10. The molecule has 8 heteroatoms. The third-order valence-corrected chi connectivity index (χ3v) is 9.58. The number of fused-ring (bicyclic) bond motifs is 2. The van der Waals surface area contributed by atoms with Crippen molar-refractivity contribution in [2.24, 2.45) is 5.92 Å². The smallest absolute Gasteiger partial charge is 0.124 e. The van der Waals surface area contributed by atoms with E-state index in [1.54, 1.807) is 0 Å². The molecule has 0 saturated carbocycles. The van der Waals surface area contributed by atoms with Gasteiger partial charge in [-0.2, -0.15) is 15.0 Å². The minimum atomic E-state index is 0.367. The molecule has 0 bridgehead atoms. The summed E-state index contributed by atoms with van der Waals surface area (Å²) in [6.07, 6.45) is 0. The number of nitrogens with zero attached hydrogens (tertiary/aromatic N) is 7. The Kier molecular flexibility index (Phi) is 8.61. The van der Waals surface area contributed by atoms with Gasteiger partial charge in [0.1, 0.15) is 16.6 Å². The Labute approximate surface area is 313 Å². The van der Waals surface area contributed by atoms with Crippen LogP contribution in [0.1, 0.15) is 13.8 Å². The van der Waals surface area contributed by atoms with E-state index in [-0.39, 0.29) is 0 Å². The van der Waals surface area contributed by atoms with Gasteiger partial charge >= 0.3 is 0 Å². The zero-order valence-electron chi connectivity index (χ0n) is 30.1. The number of para-hydroxylation sites is 4. The van der Waals surface area contributed by atoms with Gasteiger partial charge in [0.2, 0.25) is 0 Å². The molecular formula is C46H38N8. The summed E-state index contributed by atoms with van der Waals surface area (Å²) < 4.78 is 0. The first kappa shape index (κ1) is 32.8. The molecule has 0 aliphatic heterocycles. The van der Waals surface area contributed by atoms with Gasteiger partial charge in [0, 0.05) is 45.3 Å². The molecule has 0 unspecified atom stereocenters. The van der Waals surface area contributed by atoms with Crippen LogP contribution in [0.25, 0.3) is 44.3 Å². The summed E-state index contributed by atoms with van der Waals surface area (Å²) in [5, 5.41) is 22.5. The second-order valence-corrected chi connectivity index (χ2v) is 13.7. The number of H-pyrrole nitrogens is 1. The van der Waals surface area contributed by atoms with E-state index in [4.69, 9.17) is 10.2 Å². The van der Waals surface area contributed by atoms with E-state index in [1.807, 2.05) is 29.1 Å². The number of aromatic amines is 1. The van der Waals surface area contributed by atoms with E-state index in [1.165, 1.54) is 0 Å². The van der Waals surface area contributed by atoms with Crippen LogP contribution in [0.4, 0.5) is 34.1 Å². The summed E-state index contributed by atoms with van der Waals surface area (Å²) in [7, 11) is 0. The van der Waals surface area contributed by atoms with Gasteiger partial charge < -0.3 is 9.80 Å². The van der Waals surface area contributed by atoms with Crippen molar-refractivity contribution in [2.75, 3.05) is 9.80 Å². The summed E-state index contributed by atoms with van der Waals surface area (Å²) in [6.45, 7) is 5.05. The van der Waals surface area contributed by atoms with Gasteiger partial charge in [-0.25, -0.2) is 0 Å². The lowest BCUT2D eigenvalue weighted by Crippen LogP contribution is -2.09. The summed E-state index contributed by atoms with van der Waals surface area (Å²) in [4.78, 5) is 6.35. The van der Waals surface area contributed by atoms with Gasteiger partial charge in [-0.15, -0.1) is 5.10 Å². The van der Waals surface area contributed by atoms with Crippen molar-refractivity contribution in [3.05, 3.63) is 170 Å². The average Bonchev–Trinajstić information content (AvgIpc) is 3.87. The highest BCUT2D eigenvalue weighted by Crippen LogP contribution is 2.43. The molecule has 7 aromatic carbocycles. The lowest BCUT2D eigenvalue weighted by atomic mass is 9.95. The van der Waals surface area contributed by atoms with Crippen LogP contribution in [-0.4, -0.2) is 30.4 Å². The third-order valence-electron chi connectivity index (χ3n) is 9.58. The highest BCUT2D eigenvalue weighted by Gasteiger charge is 2.24. The Morgan fingerprint density at radius 2 is 0.833 bits per heavy atom. The Morgan fingerprint density at radius 3 is 1.24 bits per heavy atom. The molecule has 2 aromatic heterocycles. The lowest BCUT2D eigenvalue weighted by molar-refractivity contribution is 0.442. The van der Waals surface area contributed by atoms with Crippen molar-refractivity contribution < 1.29 is 0 Å². The molecule has 0 spiro atoms. The third kappa shape index (κ3) is 6.13. The van der Waals surface area contributed by atoms with Crippen LogP contribution in [-0.2, 0) is 6.54 Å². The molecule has 1 N–H and O–H groups in total. The summed E-state index contributed by atoms with van der Waals surface area (Å²) >= 11 is 0. The second-order valence-electron chi connectivity index (χ2n) is 13.7. The van der Waals surface area contributed by atoms with Crippen molar-refractivity contribution in [2.45, 2.75) is 20.4 Å². The molecule has 54 heavy (non-hydrogen) atoms.